The van der Waals surface area contributed by atoms with Gasteiger partial charge in [0.25, 0.3) is 0 Å². The molecule has 0 bridgehead atoms. The summed E-state index contributed by atoms with van der Waals surface area (Å²) < 4.78 is 5.02. The molecule has 2 aromatic rings. The largest absolute Gasteiger partial charge is 0.508 e. The van der Waals surface area contributed by atoms with E-state index in [-0.39, 0.29) is 19.0 Å². The third-order valence-corrected chi connectivity index (χ3v) is 4.00. The van der Waals surface area contributed by atoms with Gasteiger partial charge < -0.3 is 15.4 Å². The molecule has 1 aliphatic heterocycles. The van der Waals surface area contributed by atoms with E-state index >= 15 is 0 Å². The zero-order chi connectivity index (χ0) is 14.7. The van der Waals surface area contributed by atoms with Crippen LogP contribution in [0.25, 0.3) is 0 Å². The molecule has 1 aromatic heterocycles. The molecule has 3 N–H and O–H groups in total. The number of piperidine rings is 1. The van der Waals surface area contributed by atoms with Gasteiger partial charge in [-0.2, -0.15) is 4.98 Å². The van der Waals surface area contributed by atoms with Crippen molar-refractivity contribution in [3.05, 3.63) is 41.5 Å². The lowest BCUT2D eigenvalue weighted by molar-refractivity contribution is 0.198. The molecule has 0 atom stereocenters. The summed E-state index contributed by atoms with van der Waals surface area (Å²) in [6, 6.07) is 7.55. The van der Waals surface area contributed by atoms with Crippen molar-refractivity contribution in [3.63, 3.8) is 0 Å². The summed E-state index contributed by atoms with van der Waals surface area (Å²) in [5, 5.41) is 13.3. The van der Waals surface area contributed by atoms with Gasteiger partial charge in [-0.3, -0.25) is 4.90 Å². The smallest absolute Gasteiger partial charge is 0.240 e. The third kappa shape index (κ3) is 3.97. The fraction of sp³-hybridized carbons (Fsp3) is 0.467. The first-order valence-corrected chi connectivity index (χ1v) is 7.27. The van der Waals surface area contributed by atoms with Crippen molar-refractivity contribution in [1.82, 2.24) is 15.0 Å². The Balaban J connectivity index is 0.00000176. The van der Waals surface area contributed by atoms with E-state index in [1.807, 2.05) is 12.1 Å². The average molecular weight is 325 g/mol. The number of aromatic nitrogens is 2. The van der Waals surface area contributed by atoms with Crippen molar-refractivity contribution in [2.45, 2.75) is 31.8 Å². The van der Waals surface area contributed by atoms with Gasteiger partial charge in [-0.25, -0.2) is 0 Å². The Morgan fingerprint density at radius 2 is 1.91 bits per heavy atom. The molecule has 0 unspecified atom stereocenters. The number of hydrogen-bond donors (Lipinski definition) is 2. The van der Waals surface area contributed by atoms with E-state index in [9.17, 15) is 5.11 Å². The van der Waals surface area contributed by atoms with E-state index in [1.54, 1.807) is 12.1 Å². The Labute approximate surface area is 135 Å². The molecule has 6 nitrogen and oxygen atoms in total. The van der Waals surface area contributed by atoms with Crippen LogP contribution in [0.15, 0.2) is 28.8 Å². The van der Waals surface area contributed by atoms with Crippen LogP contribution in [-0.4, -0.2) is 33.2 Å². The quantitative estimate of drug-likeness (QED) is 0.894. The van der Waals surface area contributed by atoms with Crippen LogP contribution in [0.2, 0.25) is 0 Å². The number of benzene rings is 1. The predicted octanol–water partition coefficient (Wildman–Crippen LogP) is 2.04. The highest BCUT2D eigenvalue weighted by Gasteiger charge is 2.21. The van der Waals surface area contributed by atoms with Crippen molar-refractivity contribution >= 4 is 12.4 Å². The van der Waals surface area contributed by atoms with Crippen molar-refractivity contribution in [2.24, 2.45) is 5.73 Å². The minimum atomic E-state index is 0. The fourth-order valence-electron chi connectivity index (χ4n) is 2.81. The maximum Gasteiger partial charge on any atom is 0.240 e. The van der Waals surface area contributed by atoms with Gasteiger partial charge in [-0.05, 0) is 49.5 Å². The van der Waals surface area contributed by atoms with E-state index in [4.69, 9.17) is 10.3 Å². The first-order chi connectivity index (χ1) is 10.2. The number of aromatic hydroxyl groups is 1. The Morgan fingerprint density at radius 3 is 2.50 bits per heavy atom. The molecule has 1 aliphatic rings. The second-order valence-corrected chi connectivity index (χ2v) is 5.45. The molecule has 1 saturated heterocycles. The standard InChI is InChI=1S/C15H20N4O2.ClH/c16-9-15-17-14(18-21-15)10-19-7-5-12(6-8-19)11-1-3-13(20)4-2-11;/h1-4,12,20H,5-10,16H2;1H. The van der Waals surface area contributed by atoms with Gasteiger partial charge in [0.1, 0.15) is 5.75 Å². The monoisotopic (exact) mass is 324 g/mol. The number of rotatable bonds is 4. The molecule has 0 amide bonds. The lowest BCUT2D eigenvalue weighted by atomic mass is 9.89. The third-order valence-electron chi connectivity index (χ3n) is 4.00. The summed E-state index contributed by atoms with van der Waals surface area (Å²) in [4.78, 5) is 6.57. The molecule has 1 fully saturated rings. The first kappa shape index (κ1) is 16.7. The van der Waals surface area contributed by atoms with Gasteiger partial charge in [0.15, 0.2) is 5.82 Å². The molecule has 7 heteroatoms. The molecule has 0 spiro atoms. The molecule has 0 saturated carbocycles. The van der Waals surface area contributed by atoms with E-state index in [0.717, 1.165) is 25.9 Å². The second-order valence-electron chi connectivity index (χ2n) is 5.45. The van der Waals surface area contributed by atoms with E-state index < -0.39 is 0 Å². The Morgan fingerprint density at radius 1 is 1.23 bits per heavy atom. The zero-order valence-corrected chi connectivity index (χ0v) is 13.1. The summed E-state index contributed by atoms with van der Waals surface area (Å²) in [7, 11) is 0. The summed E-state index contributed by atoms with van der Waals surface area (Å²) >= 11 is 0. The minimum absolute atomic E-state index is 0. The minimum Gasteiger partial charge on any atom is -0.508 e. The van der Waals surface area contributed by atoms with Crippen molar-refractivity contribution in [1.29, 1.82) is 0 Å². The van der Waals surface area contributed by atoms with Crippen LogP contribution < -0.4 is 5.73 Å². The Bertz CT molecular complexity index is 579. The van der Waals surface area contributed by atoms with Crippen LogP contribution in [0.1, 0.15) is 36.0 Å². The normalized spacial score (nSPS) is 16.4. The molecule has 22 heavy (non-hydrogen) atoms. The maximum atomic E-state index is 9.34. The van der Waals surface area contributed by atoms with Crippen LogP contribution in [0, 0.1) is 0 Å². The average Bonchev–Trinajstić information content (AvgIpc) is 2.97. The molecule has 0 radical (unpaired) electrons. The number of nitrogens with two attached hydrogens (primary N) is 1. The molecule has 2 heterocycles. The number of likely N-dealkylation sites (tertiary alicyclic amines) is 1. The van der Waals surface area contributed by atoms with Crippen LogP contribution >= 0.6 is 12.4 Å². The zero-order valence-electron chi connectivity index (χ0n) is 12.3. The second kappa shape index (κ2) is 7.58. The van der Waals surface area contributed by atoms with Gasteiger partial charge in [-0.1, -0.05) is 17.3 Å². The van der Waals surface area contributed by atoms with Gasteiger partial charge >= 0.3 is 0 Å². The van der Waals surface area contributed by atoms with Crippen molar-refractivity contribution in [2.75, 3.05) is 13.1 Å². The van der Waals surface area contributed by atoms with Crippen molar-refractivity contribution < 1.29 is 9.63 Å². The van der Waals surface area contributed by atoms with E-state index in [2.05, 4.69) is 15.0 Å². The summed E-state index contributed by atoms with van der Waals surface area (Å²) in [5.74, 6) is 2.08. The van der Waals surface area contributed by atoms with E-state index in [1.165, 1.54) is 5.56 Å². The van der Waals surface area contributed by atoms with Crippen LogP contribution in [0.5, 0.6) is 5.75 Å². The number of phenols is 1. The SMILES string of the molecule is Cl.NCc1nc(CN2CCC(c3ccc(O)cc3)CC2)no1. The molecule has 1 aromatic carbocycles. The predicted molar refractivity (Wildman–Crippen MR) is 84.8 cm³/mol. The number of phenolic OH excluding ortho intramolecular Hbond substituents is 1. The lowest BCUT2D eigenvalue weighted by Crippen LogP contribution is -2.32. The Kier molecular flexibility index (Phi) is 5.76. The van der Waals surface area contributed by atoms with Crippen LogP contribution in [-0.2, 0) is 13.1 Å². The molecule has 0 aliphatic carbocycles. The molecular formula is C15H21ClN4O2. The van der Waals surface area contributed by atoms with Crippen molar-refractivity contribution in [3.8, 4) is 5.75 Å². The first-order valence-electron chi connectivity index (χ1n) is 7.27. The summed E-state index contributed by atoms with van der Waals surface area (Å²) in [6.45, 7) is 3.03. The van der Waals surface area contributed by atoms with E-state index in [0.29, 0.717) is 29.9 Å². The van der Waals surface area contributed by atoms with Gasteiger partial charge in [0, 0.05) is 0 Å². The highest BCUT2D eigenvalue weighted by Crippen LogP contribution is 2.29. The van der Waals surface area contributed by atoms with Gasteiger partial charge in [-0.15, -0.1) is 12.4 Å². The number of nitrogens with zero attached hydrogens (tertiary/aromatic N) is 3. The highest BCUT2D eigenvalue weighted by molar-refractivity contribution is 5.85. The highest BCUT2D eigenvalue weighted by atomic mass is 35.5. The lowest BCUT2D eigenvalue weighted by Gasteiger charge is -2.31. The fourth-order valence-corrected chi connectivity index (χ4v) is 2.81. The Hall–Kier alpha value is -1.63. The van der Waals surface area contributed by atoms with Gasteiger partial charge in [0.2, 0.25) is 5.89 Å². The van der Waals surface area contributed by atoms with Crippen LogP contribution in [0.3, 0.4) is 0 Å². The topological polar surface area (TPSA) is 88.4 Å². The maximum absolute atomic E-state index is 9.34. The van der Waals surface area contributed by atoms with Gasteiger partial charge in [0.05, 0.1) is 13.1 Å². The number of hydrogen-bond acceptors (Lipinski definition) is 6. The summed E-state index contributed by atoms with van der Waals surface area (Å²) in [5.41, 5.74) is 6.77. The summed E-state index contributed by atoms with van der Waals surface area (Å²) in [6.07, 6.45) is 2.21. The van der Waals surface area contributed by atoms with Crippen LogP contribution in [0.4, 0.5) is 0 Å². The molecule has 120 valence electrons. The molecule has 3 rings (SSSR count). The number of halogens is 1. The molecular weight excluding hydrogens is 304 g/mol.